The van der Waals surface area contributed by atoms with Crippen LogP contribution in [-0.4, -0.2) is 46.9 Å². The van der Waals surface area contributed by atoms with Gasteiger partial charge in [0.25, 0.3) is 5.91 Å². The fourth-order valence-corrected chi connectivity index (χ4v) is 2.65. The van der Waals surface area contributed by atoms with Gasteiger partial charge in [-0.25, -0.2) is 0 Å². The second-order valence-corrected chi connectivity index (χ2v) is 6.02. The number of aryl methyl sites for hydroxylation is 1. The molecule has 1 heterocycles. The third kappa shape index (κ3) is 4.31. The molecule has 6 nitrogen and oxygen atoms in total. The average Bonchev–Trinajstić information content (AvgIpc) is 2.54. The molecule has 6 heteroatoms. The van der Waals surface area contributed by atoms with E-state index in [1.807, 2.05) is 19.1 Å². The maximum absolute atomic E-state index is 12.5. The number of hydrogen-bond donors (Lipinski definition) is 2. The molecule has 1 aliphatic heterocycles. The predicted molar refractivity (Wildman–Crippen MR) is 85.0 cm³/mol. The number of carboxylic acids is 1. The highest BCUT2D eigenvalue weighted by molar-refractivity contribution is 5.95. The van der Waals surface area contributed by atoms with Crippen molar-refractivity contribution in [1.82, 2.24) is 10.2 Å². The molecule has 1 aromatic rings. The number of carbonyl (C=O) groups is 3. The van der Waals surface area contributed by atoms with E-state index in [1.54, 1.807) is 17.0 Å². The first kappa shape index (κ1) is 17.0. The number of benzene rings is 1. The summed E-state index contributed by atoms with van der Waals surface area (Å²) in [5.74, 6) is -1.82. The van der Waals surface area contributed by atoms with Gasteiger partial charge in [0.05, 0.1) is 5.92 Å². The lowest BCUT2D eigenvalue weighted by atomic mass is 9.96. The molecule has 124 valence electrons. The SMILES string of the molecule is Cc1ccc(C(=O)N2CCCC(C(=O)N[C@H](C)C(=O)O)C2)cc1. The number of piperidine rings is 1. The topological polar surface area (TPSA) is 86.7 Å². The fraction of sp³-hybridized carbons (Fsp3) is 0.471. The number of amides is 2. The number of carboxylic acid groups (broad SMARTS) is 1. The molecule has 1 aromatic carbocycles. The molecular weight excluding hydrogens is 296 g/mol. The highest BCUT2D eigenvalue weighted by Crippen LogP contribution is 2.19. The second-order valence-electron chi connectivity index (χ2n) is 6.02. The average molecular weight is 318 g/mol. The largest absolute Gasteiger partial charge is 0.480 e. The van der Waals surface area contributed by atoms with E-state index < -0.39 is 12.0 Å². The van der Waals surface area contributed by atoms with Crippen molar-refractivity contribution in [3.05, 3.63) is 35.4 Å². The molecule has 1 fully saturated rings. The molecule has 2 atom stereocenters. The molecule has 23 heavy (non-hydrogen) atoms. The minimum atomic E-state index is -1.07. The van der Waals surface area contributed by atoms with Gasteiger partial charge in [-0.1, -0.05) is 17.7 Å². The summed E-state index contributed by atoms with van der Waals surface area (Å²) in [5, 5.41) is 11.3. The number of carbonyl (C=O) groups excluding carboxylic acids is 2. The smallest absolute Gasteiger partial charge is 0.325 e. The van der Waals surface area contributed by atoms with Crippen molar-refractivity contribution in [2.24, 2.45) is 5.92 Å². The van der Waals surface area contributed by atoms with Crippen LogP contribution in [0.25, 0.3) is 0 Å². The van der Waals surface area contributed by atoms with Crippen LogP contribution in [0.1, 0.15) is 35.7 Å². The zero-order chi connectivity index (χ0) is 17.0. The Kier molecular flexibility index (Phi) is 5.36. The lowest BCUT2D eigenvalue weighted by Crippen LogP contribution is -2.48. The van der Waals surface area contributed by atoms with Gasteiger partial charge in [-0.05, 0) is 38.8 Å². The first-order chi connectivity index (χ1) is 10.9. The first-order valence-electron chi connectivity index (χ1n) is 7.77. The van der Waals surface area contributed by atoms with Crippen LogP contribution in [-0.2, 0) is 9.59 Å². The standard InChI is InChI=1S/C17H22N2O4/c1-11-5-7-13(8-6-11)16(21)19-9-3-4-14(10-19)15(20)18-12(2)17(22)23/h5-8,12,14H,3-4,9-10H2,1-2H3,(H,18,20)(H,22,23)/t12-,14?/m1/s1. The van der Waals surface area contributed by atoms with Crippen molar-refractivity contribution in [1.29, 1.82) is 0 Å². The van der Waals surface area contributed by atoms with Gasteiger partial charge >= 0.3 is 5.97 Å². The Morgan fingerprint density at radius 3 is 2.52 bits per heavy atom. The van der Waals surface area contributed by atoms with Crippen molar-refractivity contribution in [2.45, 2.75) is 32.7 Å². The highest BCUT2D eigenvalue weighted by Gasteiger charge is 2.30. The van der Waals surface area contributed by atoms with Crippen LogP contribution in [0.4, 0.5) is 0 Å². The number of nitrogens with zero attached hydrogens (tertiary/aromatic N) is 1. The molecule has 0 bridgehead atoms. The molecule has 1 unspecified atom stereocenters. The number of rotatable bonds is 4. The van der Waals surface area contributed by atoms with Crippen LogP contribution in [0, 0.1) is 12.8 Å². The lowest BCUT2D eigenvalue weighted by Gasteiger charge is -2.32. The molecule has 1 aliphatic rings. The summed E-state index contributed by atoms with van der Waals surface area (Å²) in [6, 6.07) is 6.42. The van der Waals surface area contributed by atoms with Gasteiger partial charge in [-0.2, -0.15) is 0 Å². The van der Waals surface area contributed by atoms with Crippen LogP contribution in [0.5, 0.6) is 0 Å². The maximum Gasteiger partial charge on any atom is 0.325 e. The van der Waals surface area contributed by atoms with E-state index in [2.05, 4.69) is 5.32 Å². The summed E-state index contributed by atoms with van der Waals surface area (Å²) in [7, 11) is 0. The van der Waals surface area contributed by atoms with Gasteiger partial charge < -0.3 is 15.3 Å². The maximum atomic E-state index is 12.5. The third-order valence-corrected chi connectivity index (χ3v) is 4.11. The van der Waals surface area contributed by atoms with Gasteiger partial charge in [0, 0.05) is 18.7 Å². The van der Waals surface area contributed by atoms with Crippen molar-refractivity contribution in [2.75, 3.05) is 13.1 Å². The number of nitrogens with one attached hydrogen (secondary N) is 1. The Bertz CT molecular complexity index is 597. The van der Waals surface area contributed by atoms with Crippen LogP contribution in [0.3, 0.4) is 0 Å². The van der Waals surface area contributed by atoms with Gasteiger partial charge in [0.1, 0.15) is 6.04 Å². The van der Waals surface area contributed by atoms with Gasteiger partial charge in [-0.15, -0.1) is 0 Å². The van der Waals surface area contributed by atoms with E-state index in [0.29, 0.717) is 25.1 Å². The third-order valence-electron chi connectivity index (χ3n) is 4.11. The van der Waals surface area contributed by atoms with E-state index in [-0.39, 0.29) is 17.7 Å². The Balaban J connectivity index is 2.00. The quantitative estimate of drug-likeness (QED) is 0.879. The zero-order valence-corrected chi connectivity index (χ0v) is 13.4. The van der Waals surface area contributed by atoms with E-state index in [4.69, 9.17) is 5.11 Å². The Labute approximate surface area is 135 Å². The Morgan fingerprint density at radius 2 is 1.91 bits per heavy atom. The van der Waals surface area contributed by atoms with Crippen molar-refractivity contribution in [3.63, 3.8) is 0 Å². The number of aliphatic carboxylic acids is 1. The monoisotopic (exact) mass is 318 g/mol. The van der Waals surface area contributed by atoms with Crippen molar-refractivity contribution >= 4 is 17.8 Å². The van der Waals surface area contributed by atoms with Gasteiger partial charge in [0.15, 0.2) is 0 Å². The minimum absolute atomic E-state index is 0.0891. The van der Waals surface area contributed by atoms with E-state index in [0.717, 1.165) is 12.0 Å². The normalized spacial score (nSPS) is 19.0. The molecule has 1 saturated heterocycles. The first-order valence-corrected chi connectivity index (χ1v) is 7.77. The van der Waals surface area contributed by atoms with Crippen molar-refractivity contribution in [3.8, 4) is 0 Å². The Morgan fingerprint density at radius 1 is 1.26 bits per heavy atom. The summed E-state index contributed by atoms with van der Waals surface area (Å²) in [4.78, 5) is 37.2. The molecular formula is C17H22N2O4. The van der Waals surface area contributed by atoms with Gasteiger partial charge in [0.2, 0.25) is 5.91 Å². The molecule has 0 aliphatic carbocycles. The summed E-state index contributed by atoms with van der Waals surface area (Å²) in [5.41, 5.74) is 1.69. The molecule has 0 spiro atoms. The van der Waals surface area contributed by atoms with E-state index in [1.165, 1.54) is 6.92 Å². The van der Waals surface area contributed by atoms with Gasteiger partial charge in [-0.3, -0.25) is 14.4 Å². The highest BCUT2D eigenvalue weighted by atomic mass is 16.4. The lowest BCUT2D eigenvalue weighted by molar-refractivity contribution is -0.142. The van der Waals surface area contributed by atoms with E-state index >= 15 is 0 Å². The Hall–Kier alpha value is -2.37. The van der Waals surface area contributed by atoms with E-state index in [9.17, 15) is 14.4 Å². The minimum Gasteiger partial charge on any atom is -0.480 e. The predicted octanol–water partition coefficient (Wildman–Crippen LogP) is 1.44. The van der Waals surface area contributed by atoms with Crippen LogP contribution < -0.4 is 5.32 Å². The second kappa shape index (κ2) is 7.26. The fourth-order valence-electron chi connectivity index (χ4n) is 2.65. The summed E-state index contributed by atoms with van der Waals surface area (Å²) in [6.07, 6.45) is 1.40. The van der Waals surface area contributed by atoms with Crippen LogP contribution >= 0.6 is 0 Å². The molecule has 0 radical (unpaired) electrons. The summed E-state index contributed by atoms with van der Waals surface area (Å²) < 4.78 is 0. The summed E-state index contributed by atoms with van der Waals surface area (Å²) >= 11 is 0. The van der Waals surface area contributed by atoms with Crippen molar-refractivity contribution < 1.29 is 19.5 Å². The summed E-state index contributed by atoms with van der Waals surface area (Å²) in [6.45, 7) is 4.33. The molecule has 2 amide bonds. The molecule has 2 N–H and O–H groups in total. The number of likely N-dealkylation sites (tertiary alicyclic amines) is 1. The van der Waals surface area contributed by atoms with Crippen LogP contribution in [0.2, 0.25) is 0 Å². The molecule has 2 rings (SSSR count). The van der Waals surface area contributed by atoms with Crippen LogP contribution in [0.15, 0.2) is 24.3 Å². The molecule has 0 aromatic heterocycles. The molecule has 0 saturated carbocycles. The number of hydrogen-bond acceptors (Lipinski definition) is 3. The zero-order valence-electron chi connectivity index (χ0n) is 13.4.